The molecular formula is C16H27N3O. The molecule has 20 heavy (non-hydrogen) atoms. The molecule has 0 aliphatic carbocycles. The molecule has 0 fully saturated rings. The quantitative estimate of drug-likeness (QED) is 0.678. The Balaban J connectivity index is 2.43. The molecule has 1 aromatic rings. The molecule has 2 N–H and O–H groups in total. The molecule has 0 bridgehead atoms. The maximum Gasteiger partial charge on any atom is 0.251 e. The molecule has 4 heteroatoms. The van der Waals surface area contributed by atoms with Gasteiger partial charge in [0.15, 0.2) is 0 Å². The van der Waals surface area contributed by atoms with E-state index in [-0.39, 0.29) is 11.9 Å². The SMILES string of the molecule is CCCCCCC(C)NC(=O)c1ccnc(NCC)c1. The monoisotopic (exact) mass is 277 g/mol. The zero-order valence-corrected chi connectivity index (χ0v) is 12.9. The van der Waals surface area contributed by atoms with Crippen molar-refractivity contribution in [2.24, 2.45) is 0 Å². The van der Waals surface area contributed by atoms with Crippen LogP contribution in [0.4, 0.5) is 5.82 Å². The van der Waals surface area contributed by atoms with Gasteiger partial charge < -0.3 is 10.6 Å². The van der Waals surface area contributed by atoms with Crippen molar-refractivity contribution in [3.63, 3.8) is 0 Å². The van der Waals surface area contributed by atoms with Gasteiger partial charge in [-0.05, 0) is 32.4 Å². The number of hydrogen-bond donors (Lipinski definition) is 2. The summed E-state index contributed by atoms with van der Waals surface area (Å²) in [5, 5.41) is 6.16. The molecule has 1 heterocycles. The van der Waals surface area contributed by atoms with Gasteiger partial charge in [0.05, 0.1) is 0 Å². The highest BCUT2D eigenvalue weighted by atomic mass is 16.1. The van der Waals surface area contributed by atoms with E-state index in [0.29, 0.717) is 5.56 Å². The van der Waals surface area contributed by atoms with Crippen molar-refractivity contribution in [3.8, 4) is 0 Å². The van der Waals surface area contributed by atoms with E-state index in [2.05, 4.69) is 29.5 Å². The average Bonchev–Trinajstić information content (AvgIpc) is 2.44. The number of rotatable bonds is 9. The highest BCUT2D eigenvalue weighted by Crippen LogP contribution is 2.09. The highest BCUT2D eigenvalue weighted by Gasteiger charge is 2.10. The largest absolute Gasteiger partial charge is 0.370 e. The van der Waals surface area contributed by atoms with Crippen molar-refractivity contribution in [1.29, 1.82) is 0 Å². The maximum atomic E-state index is 12.1. The van der Waals surface area contributed by atoms with Crippen molar-refractivity contribution < 1.29 is 4.79 Å². The van der Waals surface area contributed by atoms with Crippen LogP contribution in [0.2, 0.25) is 0 Å². The number of anilines is 1. The van der Waals surface area contributed by atoms with Crippen molar-refractivity contribution in [3.05, 3.63) is 23.9 Å². The van der Waals surface area contributed by atoms with Crippen LogP contribution in [0.15, 0.2) is 18.3 Å². The first-order valence-electron chi connectivity index (χ1n) is 7.68. The lowest BCUT2D eigenvalue weighted by atomic mass is 10.1. The van der Waals surface area contributed by atoms with Crippen LogP contribution in [0.5, 0.6) is 0 Å². The zero-order valence-electron chi connectivity index (χ0n) is 12.9. The van der Waals surface area contributed by atoms with Gasteiger partial charge in [-0.15, -0.1) is 0 Å². The van der Waals surface area contributed by atoms with Crippen molar-refractivity contribution in [2.45, 2.75) is 58.9 Å². The van der Waals surface area contributed by atoms with Gasteiger partial charge in [0.2, 0.25) is 0 Å². The lowest BCUT2D eigenvalue weighted by Gasteiger charge is -2.14. The van der Waals surface area contributed by atoms with Crippen LogP contribution in [0, 0.1) is 0 Å². The third-order valence-corrected chi connectivity index (χ3v) is 3.25. The first kappa shape index (κ1) is 16.5. The second-order valence-electron chi connectivity index (χ2n) is 5.18. The molecule has 0 spiro atoms. The number of amides is 1. The number of hydrogen-bond acceptors (Lipinski definition) is 3. The summed E-state index contributed by atoms with van der Waals surface area (Å²) < 4.78 is 0. The van der Waals surface area contributed by atoms with E-state index in [1.807, 2.05) is 6.92 Å². The van der Waals surface area contributed by atoms with E-state index in [0.717, 1.165) is 18.8 Å². The number of nitrogens with one attached hydrogen (secondary N) is 2. The van der Waals surface area contributed by atoms with E-state index in [4.69, 9.17) is 0 Å². The van der Waals surface area contributed by atoms with E-state index in [1.54, 1.807) is 18.3 Å². The van der Waals surface area contributed by atoms with E-state index >= 15 is 0 Å². The Hall–Kier alpha value is -1.58. The van der Waals surface area contributed by atoms with Crippen molar-refractivity contribution in [2.75, 3.05) is 11.9 Å². The summed E-state index contributed by atoms with van der Waals surface area (Å²) in [5.74, 6) is 0.727. The minimum atomic E-state index is -0.0189. The van der Waals surface area contributed by atoms with Crippen LogP contribution in [-0.2, 0) is 0 Å². The number of aromatic nitrogens is 1. The fourth-order valence-electron chi connectivity index (χ4n) is 2.11. The Morgan fingerprint density at radius 1 is 1.30 bits per heavy atom. The Morgan fingerprint density at radius 3 is 2.80 bits per heavy atom. The van der Waals surface area contributed by atoms with Gasteiger partial charge in [-0.3, -0.25) is 4.79 Å². The predicted molar refractivity (Wildman–Crippen MR) is 84.1 cm³/mol. The third-order valence-electron chi connectivity index (χ3n) is 3.25. The van der Waals surface area contributed by atoms with Gasteiger partial charge in [-0.25, -0.2) is 4.98 Å². The Kier molecular flexibility index (Phi) is 7.70. The summed E-state index contributed by atoms with van der Waals surface area (Å²) in [4.78, 5) is 16.3. The minimum Gasteiger partial charge on any atom is -0.370 e. The molecule has 0 aliphatic heterocycles. The summed E-state index contributed by atoms with van der Waals surface area (Å²) >= 11 is 0. The third kappa shape index (κ3) is 6.04. The van der Waals surface area contributed by atoms with Gasteiger partial charge in [0.1, 0.15) is 5.82 Å². The summed E-state index contributed by atoms with van der Waals surface area (Å²) in [6, 6.07) is 3.76. The van der Waals surface area contributed by atoms with E-state index < -0.39 is 0 Å². The van der Waals surface area contributed by atoms with Gasteiger partial charge in [0.25, 0.3) is 5.91 Å². The molecule has 0 saturated carbocycles. The predicted octanol–water partition coefficient (Wildman–Crippen LogP) is 3.60. The summed E-state index contributed by atoms with van der Waals surface area (Å²) in [5.41, 5.74) is 0.663. The Morgan fingerprint density at radius 2 is 2.10 bits per heavy atom. The van der Waals surface area contributed by atoms with Crippen LogP contribution in [0.25, 0.3) is 0 Å². The number of pyridine rings is 1. The molecule has 1 atom stereocenters. The molecule has 4 nitrogen and oxygen atoms in total. The molecule has 1 amide bonds. The maximum absolute atomic E-state index is 12.1. The molecular weight excluding hydrogens is 250 g/mol. The number of unbranched alkanes of at least 4 members (excludes halogenated alkanes) is 3. The standard InChI is InChI=1S/C16H27N3O/c1-4-6-7-8-9-13(3)19-16(20)14-10-11-18-15(12-14)17-5-2/h10-13H,4-9H2,1-3H3,(H,17,18)(H,19,20). The second kappa shape index (κ2) is 9.34. The molecule has 1 rings (SSSR count). The van der Waals surface area contributed by atoms with Crippen LogP contribution in [-0.4, -0.2) is 23.5 Å². The number of carbonyl (C=O) groups excluding carboxylic acids is 1. The van der Waals surface area contributed by atoms with Crippen LogP contribution >= 0.6 is 0 Å². The lowest BCUT2D eigenvalue weighted by molar-refractivity contribution is 0.0938. The van der Waals surface area contributed by atoms with E-state index in [9.17, 15) is 4.79 Å². The number of carbonyl (C=O) groups is 1. The Bertz CT molecular complexity index is 406. The fraction of sp³-hybridized carbons (Fsp3) is 0.625. The molecule has 1 unspecified atom stereocenters. The smallest absolute Gasteiger partial charge is 0.251 e. The second-order valence-corrected chi connectivity index (χ2v) is 5.18. The molecule has 0 aliphatic rings. The normalized spacial score (nSPS) is 11.9. The zero-order chi connectivity index (χ0) is 14.8. The molecule has 0 radical (unpaired) electrons. The molecule has 1 aromatic heterocycles. The van der Waals surface area contributed by atoms with Crippen LogP contribution in [0.1, 0.15) is 63.2 Å². The number of nitrogens with zero attached hydrogens (tertiary/aromatic N) is 1. The van der Waals surface area contributed by atoms with Crippen molar-refractivity contribution >= 4 is 11.7 Å². The van der Waals surface area contributed by atoms with Gasteiger partial charge in [-0.1, -0.05) is 32.6 Å². The van der Waals surface area contributed by atoms with E-state index in [1.165, 1.54) is 25.7 Å². The van der Waals surface area contributed by atoms with Crippen LogP contribution < -0.4 is 10.6 Å². The fourth-order valence-corrected chi connectivity index (χ4v) is 2.11. The lowest BCUT2D eigenvalue weighted by Crippen LogP contribution is -2.32. The first-order chi connectivity index (χ1) is 9.67. The minimum absolute atomic E-state index is 0.0189. The molecule has 0 aromatic carbocycles. The Labute approximate surface area is 122 Å². The van der Waals surface area contributed by atoms with Gasteiger partial charge >= 0.3 is 0 Å². The molecule has 0 saturated heterocycles. The average molecular weight is 277 g/mol. The van der Waals surface area contributed by atoms with Gasteiger partial charge in [-0.2, -0.15) is 0 Å². The topological polar surface area (TPSA) is 54.0 Å². The molecule has 112 valence electrons. The van der Waals surface area contributed by atoms with Gasteiger partial charge in [0, 0.05) is 24.3 Å². The summed E-state index contributed by atoms with van der Waals surface area (Å²) in [6.45, 7) is 7.07. The first-order valence-corrected chi connectivity index (χ1v) is 7.68. The summed E-state index contributed by atoms with van der Waals surface area (Å²) in [6.07, 6.45) is 7.64. The highest BCUT2D eigenvalue weighted by molar-refractivity contribution is 5.94. The summed E-state index contributed by atoms with van der Waals surface area (Å²) in [7, 11) is 0. The van der Waals surface area contributed by atoms with Crippen LogP contribution in [0.3, 0.4) is 0 Å². The van der Waals surface area contributed by atoms with Crippen molar-refractivity contribution in [1.82, 2.24) is 10.3 Å².